The van der Waals surface area contributed by atoms with Crippen LogP contribution in [0.5, 0.6) is 5.75 Å². The number of carbonyl (C=O) groups is 1. The number of rotatable bonds is 6. The molecule has 0 saturated carbocycles. The first-order valence-corrected chi connectivity index (χ1v) is 11.2. The van der Waals surface area contributed by atoms with Gasteiger partial charge in [0.1, 0.15) is 5.75 Å². The molecule has 2 aromatic carbocycles. The molecule has 0 aliphatic rings. The Labute approximate surface area is 188 Å². The number of halogens is 2. The Kier molecular flexibility index (Phi) is 6.98. The zero-order valence-corrected chi connectivity index (χ0v) is 19.4. The number of phenols is 1. The standard InChI is InChI=1S/C18H16I2N4O2S/c1-2-24-15-6-4-3-5-14(15)22-18(24)27-10-16(25)23-21-9-11-7-12(19)8-13(20)17(11)26/h3-9,26H,2,10H2,1H3,(H,23,25)/b21-9+. The van der Waals surface area contributed by atoms with Gasteiger partial charge in [0.2, 0.25) is 0 Å². The summed E-state index contributed by atoms with van der Waals surface area (Å²) in [7, 11) is 0. The van der Waals surface area contributed by atoms with Gasteiger partial charge in [-0.05, 0) is 76.4 Å². The number of hydrogen-bond acceptors (Lipinski definition) is 5. The van der Waals surface area contributed by atoms with Crippen LogP contribution in [0.3, 0.4) is 0 Å². The molecule has 0 radical (unpaired) electrons. The summed E-state index contributed by atoms with van der Waals surface area (Å²) in [6.45, 7) is 2.84. The molecule has 3 aromatic rings. The second-order valence-electron chi connectivity index (χ2n) is 5.53. The zero-order valence-electron chi connectivity index (χ0n) is 14.3. The summed E-state index contributed by atoms with van der Waals surface area (Å²) in [5.41, 5.74) is 5.04. The van der Waals surface area contributed by atoms with E-state index in [1.165, 1.54) is 18.0 Å². The SMILES string of the molecule is CCn1c(SCC(=O)N/N=C/c2cc(I)cc(I)c2O)nc2ccccc21. The molecule has 0 unspecified atom stereocenters. The first kappa shape index (κ1) is 20.4. The Morgan fingerprint density at radius 1 is 1.37 bits per heavy atom. The smallest absolute Gasteiger partial charge is 0.250 e. The molecule has 0 aliphatic heterocycles. The van der Waals surface area contributed by atoms with Gasteiger partial charge in [0.25, 0.3) is 5.91 Å². The van der Waals surface area contributed by atoms with Crippen molar-refractivity contribution in [2.75, 3.05) is 5.75 Å². The number of carbonyl (C=O) groups excluding carboxylic acids is 1. The van der Waals surface area contributed by atoms with Gasteiger partial charge in [-0.1, -0.05) is 23.9 Å². The molecule has 140 valence electrons. The molecular formula is C18H16I2N4O2S. The number of aromatic hydroxyl groups is 1. The Bertz CT molecular complexity index is 1020. The van der Waals surface area contributed by atoms with Crippen molar-refractivity contribution in [2.24, 2.45) is 5.10 Å². The fraction of sp³-hybridized carbons (Fsp3) is 0.167. The quantitative estimate of drug-likeness (QED) is 0.191. The highest BCUT2D eigenvalue weighted by molar-refractivity contribution is 14.1. The average molecular weight is 606 g/mol. The third-order valence-corrected chi connectivity index (χ3v) is 6.14. The average Bonchev–Trinajstić information content (AvgIpc) is 3.01. The Balaban J connectivity index is 1.62. The minimum Gasteiger partial charge on any atom is -0.506 e. The molecule has 0 bridgehead atoms. The number of hydrogen-bond donors (Lipinski definition) is 2. The highest BCUT2D eigenvalue weighted by Crippen LogP contribution is 2.26. The third kappa shape index (κ3) is 4.93. The number of imidazole rings is 1. The van der Waals surface area contributed by atoms with Crippen molar-refractivity contribution in [3.63, 3.8) is 0 Å². The number of nitrogens with zero attached hydrogens (tertiary/aromatic N) is 3. The lowest BCUT2D eigenvalue weighted by Crippen LogP contribution is -2.20. The maximum Gasteiger partial charge on any atom is 0.250 e. The van der Waals surface area contributed by atoms with Gasteiger partial charge in [0.05, 0.1) is 26.6 Å². The number of aryl methyl sites for hydroxylation is 1. The van der Waals surface area contributed by atoms with Crippen molar-refractivity contribution in [1.82, 2.24) is 15.0 Å². The number of aromatic nitrogens is 2. The second kappa shape index (κ2) is 9.24. The normalized spacial score (nSPS) is 11.4. The Morgan fingerprint density at radius 3 is 2.93 bits per heavy atom. The van der Waals surface area contributed by atoms with E-state index in [1.807, 2.05) is 30.3 Å². The van der Waals surface area contributed by atoms with E-state index in [2.05, 4.69) is 72.2 Å². The summed E-state index contributed by atoms with van der Waals surface area (Å²) >= 11 is 5.60. The lowest BCUT2D eigenvalue weighted by atomic mass is 10.2. The predicted molar refractivity (Wildman–Crippen MR) is 125 cm³/mol. The summed E-state index contributed by atoms with van der Waals surface area (Å²) in [5.74, 6) is 0.127. The van der Waals surface area contributed by atoms with Crippen LogP contribution >= 0.6 is 56.9 Å². The lowest BCUT2D eigenvalue weighted by molar-refractivity contribution is -0.118. The van der Waals surface area contributed by atoms with Crippen LogP contribution in [0.1, 0.15) is 12.5 Å². The van der Waals surface area contributed by atoms with Gasteiger partial charge < -0.3 is 9.67 Å². The van der Waals surface area contributed by atoms with Crippen molar-refractivity contribution in [1.29, 1.82) is 0 Å². The van der Waals surface area contributed by atoms with Crippen LogP contribution in [0.2, 0.25) is 0 Å². The van der Waals surface area contributed by atoms with Gasteiger partial charge in [-0.2, -0.15) is 5.10 Å². The minimum atomic E-state index is -0.231. The molecule has 0 fully saturated rings. The molecule has 1 aromatic heterocycles. The van der Waals surface area contributed by atoms with Crippen LogP contribution in [0.4, 0.5) is 0 Å². The van der Waals surface area contributed by atoms with Gasteiger partial charge in [0, 0.05) is 15.7 Å². The van der Waals surface area contributed by atoms with E-state index in [9.17, 15) is 9.90 Å². The molecule has 6 nitrogen and oxygen atoms in total. The number of hydrazone groups is 1. The summed E-state index contributed by atoms with van der Waals surface area (Å²) in [6.07, 6.45) is 1.45. The molecule has 0 saturated heterocycles. The number of benzene rings is 2. The number of fused-ring (bicyclic) bond motifs is 1. The van der Waals surface area contributed by atoms with Crippen LogP contribution in [0.25, 0.3) is 11.0 Å². The van der Waals surface area contributed by atoms with Crippen LogP contribution < -0.4 is 5.43 Å². The first-order valence-electron chi connectivity index (χ1n) is 8.07. The minimum absolute atomic E-state index is 0.153. The van der Waals surface area contributed by atoms with Crippen molar-refractivity contribution >= 4 is 80.1 Å². The van der Waals surface area contributed by atoms with Crippen LogP contribution in [-0.2, 0) is 11.3 Å². The molecule has 3 rings (SSSR count). The molecule has 1 amide bonds. The molecule has 0 atom stereocenters. The zero-order chi connectivity index (χ0) is 19.4. The summed E-state index contributed by atoms with van der Waals surface area (Å²) in [5, 5.41) is 14.8. The van der Waals surface area contributed by atoms with Crippen LogP contribution in [-0.4, -0.2) is 32.5 Å². The first-order chi connectivity index (χ1) is 13.0. The van der Waals surface area contributed by atoms with E-state index in [4.69, 9.17) is 0 Å². The van der Waals surface area contributed by atoms with E-state index < -0.39 is 0 Å². The summed E-state index contributed by atoms with van der Waals surface area (Å²) < 4.78 is 3.81. The lowest BCUT2D eigenvalue weighted by Gasteiger charge is -2.05. The fourth-order valence-corrected chi connectivity index (χ4v) is 5.25. The van der Waals surface area contributed by atoms with E-state index >= 15 is 0 Å². The van der Waals surface area contributed by atoms with Gasteiger partial charge in [0.15, 0.2) is 5.16 Å². The van der Waals surface area contributed by atoms with E-state index in [0.29, 0.717) is 5.56 Å². The van der Waals surface area contributed by atoms with Gasteiger partial charge in [-0.3, -0.25) is 4.79 Å². The fourth-order valence-electron chi connectivity index (χ4n) is 2.49. The molecule has 0 spiro atoms. The van der Waals surface area contributed by atoms with Gasteiger partial charge in [-0.15, -0.1) is 0 Å². The monoisotopic (exact) mass is 606 g/mol. The highest BCUT2D eigenvalue weighted by Gasteiger charge is 2.11. The number of phenolic OH excluding ortho intramolecular Hbond substituents is 1. The third-order valence-electron chi connectivity index (χ3n) is 3.72. The molecule has 1 heterocycles. The molecule has 9 heteroatoms. The van der Waals surface area contributed by atoms with Crippen molar-refractivity contribution in [2.45, 2.75) is 18.6 Å². The Morgan fingerprint density at radius 2 is 2.15 bits per heavy atom. The van der Waals surface area contributed by atoms with Crippen LogP contribution in [0, 0.1) is 7.14 Å². The predicted octanol–water partition coefficient (Wildman–Crippen LogP) is 4.21. The summed E-state index contributed by atoms with van der Waals surface area (Å²) in [6, 6.07) is 11.6. The van der Waals surface area contributed by atoms with E-state index in [-0.39, 0.29) is 17.4 Å². The number of amides is 1. The topological polar surface area (TPSA) is 79.5 Å². The second-order valence-corrected chi connectivity index (χ2v) is 8.88. The van der Waals surface area contributed by atoms with E-state index in [0.717, 1.165) is 29.9 Å². The van der Waals surface area contributed by atoms with E-state index in [1.54, 1.807) is 6.07 Å². The number of thioether (sulfide) groups is 1. The number of para-hydroxylation sites is 2. The summed E-state index contributed by atoms with van der Waals surface area (Å²) in [4.78, 5) is 16.7. The van der Waals surface area contributed by atoms with Crippen LogP contribution in [0.15, 0.2) is 46.7 Å². The highest BCUT2D eigenvalue weighted by atomic mass is 127. The molecule has 27 heavy (non-hydrogen) atoms. The molecule has 2 N–H and O–H groups in total. The van der Waals surface area contributed by atoms with Crippen molar-refractivity contribution in [3.8, 4) is 5.75 Å². The maximum atomic E-state index is 12.1. The molecular weight excluding hydrogens is 590 g/mol. The Hall–Kier alpha value is -1.34. The largest absolute Gasteiger partial charge is 0.506 e. The van der Waals surface area contributed by atoms with Gasteiger partial charge in [-0.25, -0.2) is 10.4 Å². The van der Waals surface area contributed by atoms with Crippen molar-refractivity contribution in [3.05, 3.63) is 49.1 Å². The maximum absolute atomic E-state index is 12.1. The number of nitrogens with one attached hydrogen (secondary N) is 1. The molecule has 0 aliphatic carbocycles. The van der Waals surface area contributed by atoms with Gasteiger partial charge >= 0.3 is 0 Å². The van der Waals surface area contributed by atoms with Crippen molar-refractivity contribution < 1.29 is 9.90 Å².